The van der Waals surface area contributed by atoms with E-state index in [1.807, 2.05) is 24.4 Å². The summed E-state index contributed by atoms with van der Waals surface area (Å²) in [6.07, 6.45) is 6.37. The quantitative estimate of drug-likeness (QED) is 0.587. The molecule has 56 valence electrons. The first-order valence-electron chi connectivity index (χ1n) is 3.90. The highest BCUT2D eigenvalue weighted by Crippen LogP contribution is 2.27. The molecule has 1 heterocycles. The van der Waals surface area contributed by atoms with Gasteiger partial charge in [-0.3, -0.25) is 0 Å². The van der Waals surface area contributed by atoms with Crippen molar-refractivity contribution in [2.24, 2.45) is 10.9 Å². The van der Waals surface area contributed by atoms with Gasteiger partial charge in [-0.2, -0.15) is 0 Å². The average molecular weight is 146 g/mol. The van der Waals surface area contributed by atoms with E-state index in [0.717, 1.165) is 11.7 Å². The smallest absolute Gasteiger partial charge is 0.151 e. The molecule has 0 N–H and O–H groups in total. The molecule has 2 heteroatoms. The maximum atomic E-state index is 4.23. The van der Waals surface area contributed by atoms with E-state index >= 15 is 0 Å². The molecule has 0 atom stereocenters. The Labute approximate surface area is 66.0 Å². The van der Waals surface area contributed by atoms with Crippen molar-refractivity contribution in [3.05, 3.63) is 24.4 Å². The summed E-state index contributed by atoms with van der Waals surface area (Å²) in [5.74, 6) is 1.55. The van der Waals surface area contributed by atoms with Crippen LogP contribution >= 0.6 is 0 Å². The predicted molar refractivity (Wildman–Crippen MR) is 45.1 cm³/mol. The Morgan fingerprint density at radius 3 is 3.00 bits per heavy atom. The third-order valence-corrected chi connectivity index (χ3v) is 1.69. The molecule has 0 bridgehead atoms. The summed E-state index contributed by atoms with van der Waals surface area (Å²) in [5.41, 5.74) is 0. The number of rotatable bonds is 2. The number of aliphatic imine (C=N–C) groups is 1. The van der Waals surface area contributed by atoms with Crippen LogP contribution < -0.4 is 0 Å². The van der Waals surface area contributed by atoms with E-state index in [1.165, 1.54) is 12.8 Å². The molecule has 1 fully saturated rings. The Balaban J connectivity index is 2.05. The van der Waals surface area contributed by atoms with Gasteiger partial charge in [0.15, 0.2) is 5.82 Å². The molecule has 1 saturated carbocycles. The maximum Gasteiger partial charge on any atom is 0.151 e. The first-order valence-corrected chi connectivity index (χ1v) is 3.90. The Hall–Kier alpha value is -1.18. The highest BCUT2D eigenvalue weighted by Gasteiger charge is 2.18. The normalized spacial score (nSPS) is 17.5. The second-order valence-corrected chi connectivity index (χ2v) is 2.80. The van der Waals surface area contributed by atoms with Crippen LogP contribution in [-0.4, -0.2) is 11.2 Å². The SMILES string of the molecule is C(=Nc1ccccn1)C1CC1. The lowest BCUT2D eigenvalue weighted by Crippen LogP contribution is -1.76. The minimum Gasteiger partial charge on any atom is -0.241 e. The summed E-state index contributed by atoms with van der Waals surface area (Å²) in [4.78, 5) is 8.31. The summed E-state index contributed by atoms with van der Waals surface area (Å²) >= 11 is 0. The van der Waals surface area contributed by atoms with Gasteiger partial charge in [0.25, 0.3) is 0 Å². The van der Waals surface area contributed by atoms with Crippen molar-refractivity contribution in [3.8, 4) is 0 Å². The molecule has 0 aromatic carbocycles. The van der Waals surface area contributed by atoms with Crippen LogP contribution in [0.1, 0.15) is 12.8 Å². The largest absolute Gasteiger partial charge is 0.241 e. The van der Waals surface area contributed by atoms with Crippen LogP contribution in [-0.2, 0) is 0 Å². The molecule has 11 heavy (non-hydrogen) atoms. The van der Waals surface area contributed by atoms with Gasteiger partial charge in [0.05, 0.1) is 0 Å². The van der Waals surface area contributed by atoms with Crippen LogP contribution in [0.3, 0.4) is 0 Å². The van der Waals surface area contributed by atoms with Crippen molar-refractivity contribution >= 4 is 12.0 Å². The standard InChI is InChI=1S/C9H10N2/c1-2-6-10-9(3-1)11-7-8-4-5-8/h1-3,6-8H,4-5H2. The third kappa shape index (κ3) is 1.87. The van der Waals surface area contributed by atoms with Gasteiger partial charge in [0, 0.05) is 12.4 Å². The second kappa shape index (κ2) is 2.82. The third-order valence-electron chi connectivity index (χ3n) is 1.69. The van der Waals surface area contributed by atoms with Crippen LogP contribution in [0.15, 0.2) is 29.4 Å². The molecule has 1 aromatic heterocycles. The molecule has 2 nitrogen and oxygen atoms in total. The molecule has 0 radical (unpaired) electrons. The zero-order valence-electron chi connectivity index (χ0n) is 6.27. The van der Waals surface area contributed by atoms with Crippen molar-refractivity contribution in [3.63, 3.8) is 0 Å². The molecule has 0 aliphatic heterocycles. The zero-order valence-corrected chi connectivity index (χ0v) is 6.27. The lowest BCUT2D eigenvalue weighted by molar-refractivity contribution is 1.20. The lowest BCUT2D eigenvalue weighted by Gasteiger charge is -1.87. The van der Waals surface area contributed by atoms with Crippen LogP contribution in [0.4, 0.5) is 5.82 Å². The maximum absolute atomic E-state index is 4.23. The molecule has 1 aliphatic rings. The van der Waals surface area contributed by atoms with Crippen molar-refractivity contribution in [1.82, 2.24) is 4.98 Å². The number of hydrogen-bond acceptors (Lipinski definition) is 2. The second-order valence-electron chi connectivity index (χ2n) is 2.80. The highest BCUT2D eigenvalue weighted by molar-refractivity contribution is 5.66. The summed E-state index contributed by atoms with van der Waals surface area (Å²) in [6, 6.07) is 5.77. The van der Waals surface area contributed by atoms with Crippen molar-refractivity contribution in [2.45, 2.75) is 12.8 Å². The molecule has 2 rings (SSSR count). The van der Waals surface area contributed by atoms with Gasteiger partial charge < -0.3 is 0 Å². The number of pyridine rings is 1. The minimum absolute atomic E-state index is 0.733. The summed E-state index contributed by atoms with van der Waals surface area (Å²) in [7, 11) is 0. The van der Waals surface area contributed by atoms with E-state index in [2.05, 4.69) is 9.98 Å². The van der Waals surface area contributed by atoms with E-state index in [4.69, 9.17) is 0 Å². The first kappa shape index (κ1) is 6.53. The fraction of sp³-hybridized carbons (Fsp3) is 0.333. The first-order chi connectivity index (χ1) is 5.45. The van der Waals surface area contributed by atoms with E-state index < -0.39 is 0 Å². The van der Waals surface area contributed by atoms with Gasteiger partial charge in [0.1, 0.15) is 0 Å². The molecule has 0 spiro atoms. The molecular formula is C9H10N2. The van der Waals surface area contributed by atoms with Crippen LogP contribution in [0.5, 0.6) is 0 Å². The summed E-state index contributed by atoms with van der Waals surface area (Å²) in [6.45, 7) is 0. The number of hydrogen-bond donors (Lipinski definition) is 0. The van der Waals surface area contributed by atoms with Crippen molar-refractivity contribution in [1.29, 1.82) is 0 Å². The molecule has 1 aliphatic carbocycles. The summed E-state index contributed by atoms with van der Waals surface area (Å²) < 4.78 is 0. The Morgan fingerprint density at radius 1 is 1.45 bits per heavy atom. The Morgan fingerprint density at radius 2 is 2.36 bits per heavy atom. The fourth-order valence-corrected chi connectivity index (χ4v) is 0.857. The number of nitrogens with zero attached hydrogens (tertiary/aromatic N) is 2. The van der Waals surface area contributed by atoms with Gasteiger partial charge in [-0.1, -0.05) is 6.07 Å². The molecule has 0 saturated heterocycles. The van der Waals surface area contributed by atoms with E-state index in [9.17, 15) is 0 Å². The minimum atomic E-state index is 0.733. The predicted octanol–water partition coefficient (Wildman–Crippen LogP) is 2.19. The monoisotopic (exact) mass is 146 g/mol. The highest BCUT2D eigenvalue weighted by atomic mass is 14.9. The molecular weight excluding hydrogens is 136 g/mol. The van der Waals surface area contributed by atoms with Crippen LogP contribution in [0, 0.1) is 5.92 Å². The Bertz CT molecular complexity index is 250. The van der Waals surface area contributed by atoms with E-state index in [1.54, 1.807) is 6.20 Å². The summed E-state index contributed by atoms with van der Waals surface area (Å²) in [5, 5.41) is 0. The Kier molecular flexibility index (Phi) is 1.68. The van der Waals surface area contributed by atoms with E-state index in [-0.39, 0.29) is 0 Å². The van der Waals surface area contributed by atoms with Crippen molar-refractivity contribution < 1.29 is 0 Å². The van der Waals surface area contributed by atoms with Crippen LogP contribution in [0.2, 0.25) is 0 Å². The molecule has 1 aromatic rings. The van der Waals surface area contributed by atoms with Gasteiger partial charge in [-0.15, -0.1) is 0 Å². The van der Waals surface area contributed by atoms with Crippen molar-refractivity contribution in [2.75, 3.05) is 0 Å². The van der Waals surface area contributed by atoms with Gasteiger partial charge in [0.2, 0.25) is 0 Å². The molecule has 0 amide bonds. The van der Waals surface area contributed by atoms with Crippen LogP contribution in [0.25, 0.3) is 0 Å². The lowest BCUT2D eigenvalue weighted by atomic mass is 10.4. The van der Waals surface area contributed by atoms with Gasteiger partial charge >= 0.3 is 0 Å². The van der Waals surface area contributed by atoms with E-state index in [0.29, 0.717) is 0 Å². The zero-order chi connectivity index (χ0) is 7.52. The fourth-order valence-electron chi connectivity index (χ4n) is 0.857. The molecule has 0 unspecified atom stereocenters. The van der Waals surface area contributed by atoms with Gasteiger partial charge in [-0.05, 0) is 30.9 Å². The topological polar surface area (TPSA) is 25.2 Å². The number of aromatic nitrogens is 1. The average Bonchev–Trinajstić information content (AvgIpc) is 2.86. The van der Waals surface area contributed by atoms with Gasteiger partial charge in [-0.25, -0.2) is 9.98 Å².